The van der Waals surface area contributed by atoms with E-state index in [-0.39, 0.29) is 5.82 Å². The zero-order valence-corrected chi connectivity index (χ0v) is 12.4. The van der Waals surface area contributed by atoms with Crippen molar-refractivity contribution in [1.82, 2.24) is 4.98 Å². The van der Waals surface area contributed by atoms with Crippen LogP contribution in [0.2, 0.25) is 0 Å². The van der Waals surface area contributed by atoms with Crippen LogP contribution in [0, 0.1) is 17.1 Å². The summed E-state index contributed by atoms with van der Waals surface area (Å²) >= 11 is 3.29. The maximum absolute atomic E-state index is 13.1. The number of nitrogens with one attached hydrogen (secondary N) is 1. The molecule has 5 heteroatoms. The van der Waals surface area contributed by atoms with Gasteiger partial charge in [-0.1, -0.05) is 18.2 Å². The molecule has 0 aliphatic carbocycles. The van der Waals surface area contributed by atoms with Crippen molar-refractivity contribution < 1.29 is 4.39 Å². The van der Waals surface area contributed by atoms with Gasteiger partial charge in [0.25, 0.3) is 0 Å². The normalized spacial score (nSPS) is 10.3. The van der Waals surface area contributed by atoms with Gasteiger partial charge in [-0.05, 0) is 46.3 Å². The summed E-state index contributed by atoms with van der Waals surface area (Å²) in [5.74, 6) is 0.217. The molecule has 0 aliphatic heterocycles. The Hall–Kier alpha value is -2.45. The summed E-state index contributed by atoms with van der Waals surface area (Å²) in [6.45, 7) is 0. The largest absolute Gasteiger partial charge is 0.339 e. The van der Waals surface area contributed by atoms with E-state index in [4.69, 9.17) is 0 Å². The molecule has 0 fully saturated rings. The van der Waals surface area contributed by atoms with E-state index in [9.17, 15) is 9.65 Å². The van der Waals surface area contributed by atoms with Crippen molar-refractivity contribution in [3.63, 3.8) is 0 Å². The molecule has 3 rings (SSSR count). The fraction of sp³-hybridized carbons (Fsp3) is 0. The number of fused-ring (bicyclic) bond motifs is 1. The topological polar surface area (TPSA) is 48.7 Å². The molecule has 3 nitrogen and oxygen atoms in total. The van der Waals surface area contributed by atoms with Crippen LogP contribution in [0.1, 0.15) is 5.56 Å². The number of nitriles is 1. The lowest BCUT2D eigenvalue weighted by Crippen LogP contribution is -1.96. The molecule has 0 atom stereocenters. The van der Waals surface area contributed by atoms with Crippen molar-refractivity contribution in [3.05, 3.63) is 64.4 Å². The van der Waals surface area contributed by atoms with E-state index in [1.54, 1.807) is 12.1 Å². The minimum Gasteiger partial charge on any atom is -0.339 e. The minimum atomic E-state index is -0.323. The third-order valence-electron chi connectivity index (χ3n) is 3.03. The Balaban J connectivity index is 2.07. The summed E-state index contributed by atoms with van der Waals surface area (Å²) in [7, 11) is 0. The summed E-state index contributed by atoms with van der Waals surface area (Å²) < 4.78 is 13.7. The number of anilines is 2. The van der Waals surface area contributed by atoms with Crippen molar-refractivity contribution in [2.24, 2.45) is 0 Å². The first-order chi connectivity index (χ1) is 10.2. The van der Waals surface area contributed by atoms with Crippen LogP contribution in [0.5, 0.6) is 0 Å². The van der Waals surface area contributed by atoms with Crippen LogP contribution in [-0.4, -0.2) is 4.98 Å². The molecule has 1 N–H and O–H groups in total. The fourth-order valence-corrected chi connectivity index (χ4v) is 2.51. The third kappa shape index (κ3) is 2.71. The number of pyridine rings is 1. The molecule has 0 bridgehead atoms. The maximum atomic E-state index is 13.1. The second-order valence-electron chi connectivity index (χ2n) is 4.43. The number of benzene rings is 2. The maximum Gasteiger partial charge on any atom is 0.132 e. The third-order valence-corrected chi connectivity index (χ3v) is 3.69. The summed E-state index contributed by atoms with van der Waals surface area (Å²) in [6, 6.07) is 15.6. The van der Waals surface area contributed by atoms with Gasteiger partial charge in [-0.15, -0.1) is 0 Å². The van der Waals surface area contributed by atoms with Gasteiger partial charge in [0, 0.05) is 9.86 Å². The van der Waals surface area contributed by atoms with Crippen LogP contribution < -0.4 is 5.32 Å². The number of rotatable bonds is 2. The Labute approximate surface area is 129 Å². The summed E-state index contributed by atoms with van der Waals surface area (Å²) in [6.07, 6.45) is 0. The standard InChI is InChI=1S/C16H9BrFN3/c17-13-8-11(18)5-6-15(13)21-16-7-10(9-19)12-3-1-2-4-14(12)20-16/h1-8H,(H,20,21). The van der Waals surface area contributed by atoms with Gasteiger partial charge in [-0.2, -0.15) is 5.26 Å². The molecule has 0 aliphatic rings. The van der Waals surface area contributed by atoms with E-state index < -0.39 is 0 Å². The first-order valence-electron chi connectivity index (χ1n) is 6.19. The van der Waals surface area contributed by atoms with E-state index >= 15 is 0 Å². The second kappa shape index (κ2) is 5.51. The quantitative estimate of drug-likeness (QED) is 0.731. The van der Waals surface area contributed by atoms with Gasteiger partial charge in [-0.25, -0.2) is 9.37 Å². The number of para-hydroxylation sites is 1. The number of halogens is 2. The molecule has 0 amide bonds. The monoisotopic (exact) mass is 341 g/mol. The lowest BCUT2D eigenvalue weighted by molar-refractivity contribution is 0.627. The first kappa shape index (κ1) is 13.5. The van der Waals surface area contributed by atoms with Crippen LogP contribution in [-0.2, 0) is 0 Å². The number of hydrogen-bond donors (Lipinski definition) is 1. The highest BCUT2D eigenvalue weighted by Gasteiger charge is 2.07. The average molecular weight is 342 g/mol. The van der Waals surface area contributed by atoms with E-state index in [2.05, 4.69) is 32.3 Å². The van der Waals surface area contributed by atoms with Gasteiger partial charge >= 0.3 is 0 Å². The van der Waals surface area contributed by atoms with Crippen LogP contribution in [0.4, 0.5) is 15.9 Å². The molecule has 3 aromatic rings. The number of aromatic nitrogens is 1. The molecule has 1 heterocycles. The smallest absolute Gasteiger partial charge is 0.132 e. The molecule has 102 valence electrons. The summed E-state index contributed by atoms with van der Waals surface area (Å²) in [4.78, 5) is 4.47. The molecule has 2 aromatic carbocycles. The Morgan fingerprint density at radius 1 is 1.14 bits per heavy atom. The van der Waals surface area contributed by atoms with Gasteiger partial charge in [0.1, 0.15) is 11.6 Å². The van der Waals surface area contributed by atoms with Crippen LogP contribution in [0.3, 0.4) is 0 Å². The average Bonchev–Trinajstić information content (AvgIpc) is 2.49. The Kier molecular flexibility index (Phi) is 3.55. The van der Waals surface area contributed by atoms with Gasteiger partial charge in [0.15, 0.2) is 0 Å². The zero-order valence-electron chi connectivity index (χ0n) is 10.8. The Bertz CT molecular complexity index is 871. The first-order valence-corrected chi connectivity index (χ1v) is 6.98. The summed E-state index contributed by atoms with van der Waals surface area (Å²) in [5, 5.41) is 13.2. The van der Waals surface area contributed by atoms with E-state index in [0.717, 1.165) is 10.9 Å². The highest BCUT2D eigenvalue weighted by atomic mass is 79.9. The SMILES string of the molecule is N#Cc1cc(Nc2ccc(F)cc2Br)nc2ccccc12. The van der Waals surface area contributed by atoms with Gasteiger partial charge in [0.2, 0.25) is 0 Å². The molecule has 0 saturated heterocycles. The van der Waals surface area contributed by atoms with Gasteiger partial charge in [0.05, 0.1) is 22.8 Å². The van der Waals surface area contributed by atoms with Crippen LogP contribution in [0.25, 0.3) is 10.9 Å². The lowest BCUT2D eigenvalue weighted by atomic mass is 10.1. The Morgan fingerprint density at radius 3 is 2.71 bits per heavy atom. The minimum absolute atomic E-state index is 0.323. The van der Waals surface area contributed by atoms with Gasteiger partial charge < -0.3 is 5.32 Å². The van der Waals surface area contributed by atoms with Crippen LogP contribution >= 0.6 is 15.9 Å². The molecular weight excluding hydrogens is 333 g/mol. The van der Waals surface area contributed by atoms with E-state index in [0.29, 0.717) is 21.5 Å². The molecule has 0 unspecified atom stereocenters. The van der Waals surface area contributed by atoms with Crippen molar-refractivity contribution in [2.75, 3.05) is 5.32 Å². The fourth-order valence-electron chi connectivity index (χ4n) is 2.06. The van der Waals surface area contributed by atoms with Gasteiger partial charge in [-0.3, -0.25) is 0 Å². The second-order valence-corrected chi connectivity index (χ2v) is 5.29. The molecule has 21 heavy (non-hydrogen) atoms. The van der Waals surface area contributed by atoms with E-state index in [1.807, 2.05) is 24.3 Å². The molecule has 0 radical (unpaired) electrons. The Morgan fingerprint density at radius 2 is 1.95 bits per heavy atom. The van der Waals surface area contributed by atoms with Crippen LogP contribution in [0.15, 0.2) is 53.0 Å². The predicted octanol–water partition coefficient (Wildman–Crippen LogP) is 4.75. The van der Waals surface area contributed by atoms with Crippen molar-refractivity contribution in [3.8, 4) is 6.07 Å². The molecule has 0 saturated carbocycles. The van der Waals surface area contributed by atoms with Crippen molar-refractivity contribution >= 4 is 38.3 Å². The summed E-state index contributed by atoms with van der Waals surface area (Å²) in [5.41, 5.74) is 1.96. The zero-order chi connectivity index (χ0) is 14.8. The van der Waals surface area contributed by atoms with E-state index in [1.165, 1.54) is 12.1 Å². The van der Waals surface area contributed by atoms with Crippen molar-refractivity contribution in [1.29, 1.82) is 5.26 Å². The number of hydrogen-bond acceptors (Lipinski definition) is 3. The lowest BCUT2D eigenvalue weighted by Gasteiger charge is -2.09. The highest BCUT2D eigenvalue weighted by molar-refractivity contribution is 9.10. The highest BCUT2D eigenvalue weighted by Crippen LogP contribution is 2.27. The predicted molar refractivity (Wildman–Crippen MR) is 83.8 cm³/mol. The molecule has 1 aromatic heterocycles. The van der Waals surface area contributed by atoms with Crippen molar-refractivity contribution in [2.45, 2.75) is 0 Å². The number of nitrogens with zero attached hydrogens (tertiary/aromatic N) is 2. The molecule has 0 spiro atoms. The molecular formula is C16H9BrFN3.